The van der Waals surface area contributed by atoms with E-state index in [4.69, 9.17) is 14.7 Å². The van der Waals surface area contributed by atoms with Crippen LogP contribution in [0, 0.1) is 11.3 Å². The zero-order chi connectivity index (χ0) is 14.4. The fourth-order valence-electron chi connectivity index (χ4n) is 1.76. The van der Waals surface area contributed by atoms with Crippen LogP contribution in [0.4, 0.5) is 0 Å². The zero-order valence-corrected chi connectivity index (χ0v) is 11.0. The molecule has 0 saturated carbocycles. The van der Waals surface area contributed by atoms with Gasteiger partial charge in [0, 0.05) is 11.1 Å². The van der Waals surface area contributed by atoms with E-state index in [0.29, 0.717) is 29.2 Å². The van der Waals surface area contributed by atoms with Gasteiger partial charge in [-0.25, -0.2) is 0 Å². The smallest absolute Gasteiger partial charge is 0.150 e. The molecule has 0 radical (unpaired) electrons. The highest BCUT2D eigenvalue weighted by molar-refractivity contribution is 5.74. The highest BCUT2D eigenvalue weighted by Crippen LogP contribution is 2.22. The number of carbonyl (C=O) groups is 1. The van der Waals surface area contributed by atoms with Crippen molar-refractivity contribution in [3.05, 3.63) is 59.2 Å². The van der Waals surface area contributed by atoms with Crippen LogP contribution in [0.3, 0.4) is 0 Å². The molecular weight excluding hydrogens is 254 g/mol. The molecule has 4 heteroatoms. The van der Waals surface area contributed by atoms with Gasteiger partial charge in [-0.1, -0.05) is 0 Å². The lowest BCUT2D eigenvalue weighted by molar-refractivity contribution is 0.112. The van der Waals surface area contributed by atoms with Gasteiger partial charge in [0.1, 0.15) is 24.4 Å². The van der Waals surface area contributed by atoms with E-state index < -0.39 is 0 Å². The molecule has 0 heterocycles. The first kappa shape index (κ1) is 13.6. The monoisotopic (exact) mass is 267 g/mol. The average Bonchev–Trinajstić information content (AvgIpc) is 2.53. The minimum Gasteiger partial charge on any atom is -0.496 e. The molecule has 2 rings (SSSR count). The third kappa shape index (κ3) is 3.15. The number of carbonyl (C=O) groups excluding carboxylic acids is 1. The van der Waals surface area contributed by atoms with Gasteiger partial charge in [-0.2, -0.15) is 5.26 Å². The number of aldehydes is 1. The highest BCUT2D eigenvalue weighted by Gasteiger charge is 2.05. The molecule has 0 atom stereocenters. The number of hydrogen-bond donors (Lipinski definition) is 0. The SMILES string of the molecule is COc1ccc(C#N)cc1COc1ccc(C=O)cc1. The van der Waals surface area contributed by atoms with Crippen molar-refractivity contribution in [2.45, 2.75) is 6.61 Å². The maximum atomic E-state index is 10.6. The fourth-order valence-corrected chi connectivity index (χ4v) is 1.76. The van der Waals surface area contributed by atoms with Crippen molar-refractivity contribution >= 4 is 6.29 Å². The summed E-state index contributed by atoms with van der Waals surface area (Å²) >= 11 is 0. The van der Waals surface area contributed by atoms with Gasteiger partial charge >= 0.3 is 0 Å². The zero-order valence-electron chi connectivity index (χ0n) is 11.0. The van der Waals surface area contributed by atoms with Crippen LogP contribution in [0.25, 0.3) is 0 Å². The standard InChI is InChI=1S/C16H13NO3/c1-19-16-7-4-13(9-17)8-14(16)11-20-15-5-2-12(10-18)3-6-15/h2-8,10H,11H2,1H3. The molecule has 20 heavy (non-hydrogen) atoms. The first-order valence-corrected chi connectivity index (χ1v) is 6.02. The van der Waals surface area contributed by atoms with Crippen LogP contribution >= 0.6 is 0 Å². The van der Waals surface area contributed by atoms with Gasteiger partial charge in [0.05, 0.1) is 18.7 Å². The predicted molar refractivity (Wildman–Crippen MR) is 73.9 cm³/mol. The molecule has 0 aliphatic rings. The number of benzene rings is 2. The van der Waals surface area contributed by atoms with E-state index >= 15 is 0 Å². The Balaban J connectivity index is 2.13. The predicted octanol–water partition coefficient (Wildman–Crippen LogP) is 2.96. The number of hydrogen-bond acceptors (Lipinski definition) is 4. The second-order valence-corrected chi connectivity index (χ2v) is 4.11. The maximum absolute atomic E-state index is 10.6. The Bertz CT molecular complexity index is 642. The summed E-state index contributed by atoms with van der Waals surface area (Å²) < 4.78 is 10.9. The normalized spacial score (nSPS) is 9.60. The van der Waals surface area contributed by atoms with Crippen molar-refractivity contribution in [2.75, 3.05) is 7.11 Å². The second kappa shape index (κ2) is 6.39. The van der Waals surface area contributed by atoms with E-state index in [9.17, 15) is 4.79 Å². The molecule has 2 aromatic carbocycles. The topological polar surface area (TPSA) is 59.3 Å². The lowest BCUT2D eigenvalue weighted by atomic mass is 10.1. The Morgan fingerprint density at radius 2 is 1.95 bits per heavy atom. The van der Waals surface area contributed by atoms with Gasteiger partial charge in [0.25, 0.3) is 0 Å². The Labute approximate surface area is 117 Å². The maximum Gasteiger partial charge on any atom is 0.150 e. The van der Waals surface area contributed by atoms with Crippen LogP contribution in [0.5, 0.6) is 11.5 Å². The quantitative estimate of drug-likeness (QED) is 0.781. The average molecular weight is 267 g/mol. The Morgan fingerprint density at radius 1 is 1.20 bits per heavy atom. The summed E-state index contributed by atoms with van der Waals surface area (Å²) in [6, 6.07) is 14.1. The van der Waals surface area contributed by atoms with Gasteiger partial charge < -0.3 is 9.47 Å². The van der Waals surface area contributed by atoms with Crippen LogP contribution < -0.4 is 9.47 Å². The van der Waals surface area contributed by atoms with Crippen molar-refractivity contribution in [3.63, 3.8) is 0 Å². The Hall–Kier alpha value is -2.80. The Kier molecular flexibility index (Phi) is 4.35. The third-order valence-electron chi connectivity index (χ3n) is 2.82. The summed E-state index contributed by atoms with van der Waals surface area (Å²) in [7, 11) is 1.57. The molecule has 2 aromatic rings. The van der Waals surface area contributed by atoms with E-state index in [1.54, 1.807) is 49.6 Å². The van der Waals surface area contributed by atoms with Crippen molar-refractivity contribution in [1.82, 2.24) is 0 Å². The minimum absolute atomic E-state index is 0.291. The van der Waals surface area contributed by atoms with Gasteiger partial charge in [0.2, 0.25) is 0 Å². The van der Waals surface area contributed by atoms with E-state index in [-0.39, 0.29) is 0 Å². The van der Waals surface area contributed by atoms with E-state index in [1.807, 2.05) is 0 Å². The molecule has 0 unspecified atom stereocenters. The number of rotatable bonds is 5. The fraction of sp³-hybridized carbons (Fsp3) is 0.125. The lowest BCUT2D eigenvalue weighted by Gasteiger charge is -2.10. The number of methoxy groups -OCH3 is 1. The second-order valence-electron chi connectivity index (χ2n) is 4.11. The van der Waals surface area contributed by atoms with Crippen LogP contribution in [0.15, 0.2) is 42.5 Å². The van der Waals surface area contributed by atoms with Crippen molar-refractivity contribution in [3.8, 4) is 17.6 Å². The van der Waals surface area contributed by atoms with Crippen molar-refractivity contribution in [2.24, 2.45) is 0 Å². The van der Waals surface area contributed by atoms with Crippen LogP contribution in [0.2, 0.25) is 0 Å². The highest BCUT2D eigenvalue weighted by atomic mass is 16.5. The largest absolute Gasteiger partial charge is 0.496 e. The summed E-state index contributed by atoms with van der Waals surface area (Å²) in [5.41, 5.74) is 1.95. The van der Waals surface area contributed by atoms with E-state index in [0.717, 1.165) is 11.8 Å². The van der Waals surface area contributed by atoms with Gasteiger partial charge in [-0.3, -0.25) is 4.79 Å². The number of ether oxygens (including phenoxy) is 2. The van der Waals surface area contributed by atoms with Crippen LogP contribution in [-0.4, -0.2) is 13.4 Å². The van der Waals surface area contributed by atoms with Crippen molar-refractivity contribution in [1.29, 1.82) is 5.26 Å². The molecule has 4 nitrogen and oxygen atoms in total. The van der Waals surface area contributed by atoms with Crippen LogP contribution in [-0.2, 0) is 6.61 Å². The third-order valence-corrected chi connectivity index (χ3v) is 2.82. The molecule has 0 aliphatic heterocycles. The minimum atomic E-state index is 0.291. The van der Waals surface area contributed by atoms with Gasteiger partial charge in [-0.15, -0.1) is 0 Å². The molecule has 0 aliphatic carbocycles. The molecule has 0 amide bonds. The first-order chi connectivity index (χ1) is 9.76. The number of nitriles is 1. The molecular formula is C16H13NO3. The molecule has 0 saturated heterocycles. The Morgan fingerprint density at radius 3 is 2.55 bits per heavy atom. The van der Waals surface area contributed by atoms with E-state index in [1.165, 1.54) is 0 Å². The number of nitrogens with zero attached hydrogens (tertiary/aromatic N) is 1. The summed E-state index contributed by atoms with van der Waals surface area (Å²) in [5.74, 6) is 1.33. The van der Waals surface area contributed by atoms with E-state index in [2.05, 4.69) is 6.07 Å². The summed E-state index contributed by atoms with van der Waals surface area (Å²) in [6.07, 6.45) is 0.781. The summed E-state index contributed by atoms with van der Waals surface area (Å²) in [6.45, 7) is 0.291. The summed E-state index contributed by atoms with van der Waals surface area (Å²) in [4.78, 5) is 10.6. The molecule has 100 valence electrons. The van der Waals surface area contributed by atoms with Crippen molar-refractivity contribution < 1.29 is 14.3 Å². The summed E-state index contributed by atoms with van der Waals surface area (Å²) in [5, 5.41) is 8.90. The van der Waals surface area contributed by atoms with Gasteiger partial charge in [-0.05, 0) is 42.5 Å². The molecule has 0 fully saturated rings. The molecule has 0 bridgehead atoms. The molecule has 0 aromatic heterocycles. The van der Waals surface area contributed by atoms with Gasteiger partial charge in [0.15, 0.2) is 0 Å². The molecule has 0 spiro atoms. The van der Waals surface area contributed by atoms with Crippen LogP contribution in [0.1, 0.15) is 21.5 Å². The first-order valence-electron chi connectivity index (χ1n) is 6.02. The lowest BCUT2D eigenvalue weighted by Crippen LogP contribution is -1.99. The molecule has 0 N–H and O–H groups in total.